The fraction of sp³-hybridized carbons (Fsp3) is 0.923. The zero-order valence-corrected chi connectivity index (χ0v) is 12.1. The van der Waals surface area contributed by atoms with E-state index in [1.54, 1.807) is 0 Å². The van der Waals surface area contributed by atoms with Gasteiger partial charge in [-0.1, -0.05) is 13.8 Å². The van der Waals surface area contributed by atoms with Gasteiger partial charge in [0.2, 0.25) is 5.91 Å². The molecule has 2 N–H and O–H groups in total. The smallest absolute Gasteiger partial charge is 0.234 e. The summed E-state index contributed by atoms with van der Waals surface area (Å²) in [5.41, 5.74) is -0.806. The van der Waals surface area contributed by atoms with Crippen LogP contribution in [0.1, 0.15) is 27.2 Å². The lowest BCUT2D eigenvalue weighted by atomic mass is 9.54. The first-order valence-electron chi connectivity index (χ1n) is 6.47. The lowest BCUT2D eigenvalue weighted by molar-refractivity contribution is -0.181. The minimum Gasteiger partial charge on any atom is -0.394 e. The van der Waals surface area contributed by atoms with Crippen LogP contribution in [-0.4, -0.2) is 61.4 Å². The van der Waals surface area contributed by atoms with Crippen LogP contribution >= 0.6 is 0 Å². The Morgan fingerprint density at radius 1 is 1.50 bits per heavy atom. The summed E-state index contributed by atoms with van der Waals surface area (Å²) in [7, 11) is 3.69. The zero-order chi connectivity index (χ0) is 14.0. The molecule has 0 saturated heterocycles. The highest BCUT2D eigenvalue weighted by Crippen LogP contribution is 2.51. The minimum absolute atomic E-state index is 0.0528. The van der Waals surface area contributed by atoms with Gasteiger partial charge >= 0.3 is 0 Å². The molecule has 5 heteroatoms. The predicted molar refractivity (Wildman–Crippen MR) is 70.3 cm³/mol. The minimum atomic E-state index is -0.556. The number of ether oxygens (including phenoxy) is 1. The number of amides is 1. The maximum Gasteiger partial charge on any atom is 0.234 e. The largest absolute Gasteiger partial charge is 0.394 e. The molecule has 1 saturated carbocycles. The van der Waals surface area contributed by atoms with E-state index < -0.39 is 5.54 Å². The van der Waals surface area contributed by atoms with Crippen molar-refractivity contribution in [3.8, 4) is 0 Å². The molecule has 0 aliphatic heterocycles. The molecule has 0 bridgehead atoms. The molecular formula is C13H26N2O3. The molecule has 1 aliphatic carbocycles. The van der Waals surface area contributed by atoms with E-state index in [0.29, 0.717) is 19.6 Å². The molecule has 0 heterocycles. The van der Waals surface area contributed by atoms with Crippen LogP contribution in [-0.2, 0) is 9.53 Å². The van der Waals surface area contributed by atoms with Crippen molar-refractivity contribution in [2.24, 2.45) is 5.41 Å². The molecule has 1 aliphatic rings. The molecule has 18 heavy (non-hydrogen) atoms. The van der Waals surface area contributed by atoms with E-state index in [-0.39, 0.29) is 24.0 Å². The molecule has 0 radical (unpaired) electrons. The summed E-state index contributed by atoms with van der Waals surface area (Å²) in [5.74, 6) is -0.0583. The molecule has 5 nitrogen and oxygen atoms in total. The van der Waals surface area contributed by atoms with E-state index in [2.05, 4.69) is 5.32 Å². The van der Waals surface area contributed by atoms with Crippen LogP contribution < -0.4 is 5.32 Å². The number of carbonyl (C=O) groups is 1. The Kier molecular flexibility index (Phi) is 4.75. The third kappa shape index (κ3) is 2.68. The first-order valence-corrected chi connectivity index (χ1v) is 6.47. The lowest BCUT2D eigenvalue weighted by Crippen LogP contribution is -2.74. The summed E-state index contributed by atoms with van der Waals surface area (Å²) in [6.07, 6.45) is 0.762. The molecular weight excluding hydrogens is 232 g/mol. The summed E-state index contributed by atoms with van der Waals surface area (Å²) < 4.78 is 5.64. The molecule has 0 spiro atoms. The van der Waals surface area contributed by atoms with Gasteiger partial charge in [0.05, 0.1) is 24.8 Å². The fourth-order valence-electron chi connectivity index (χ4n) is 2.59. The second-order valence-electron chi connectivity index (χ2n) is 5.90. The highest BCUT2D eigenvalue weighted by atomic mass is 16.5. The summed E-state index contributed by atoms with van der Waals surface area (Å²) in [6.45, 7) is 6.95. The average molecular weight is 258 g/mol. The van der Waals surface area contributed by atoms with Crippen molar-refractivity contribution in [3.05, 3.63) is 0 Å². The van der Waals surface area contributed by atoms with Crippen LogP contribution in [0.3, 0.4) is 0 Å². The first-order chi connectivity index (χ1) is 8.29. The molecule has 106 valence electrons. The fourth-order valence-corrected chi connectivity index (χ4v) is 2.59. The van der Waals surface area contributed by atoms with Crippen LogP contribution in [0.2, 0.25) is 0 Å². The van der Waals surface area contributed by atoms with Crippen LogP contribution in [0.5, 0.6) is 0 Å². The Balaban J connectivity index is 2.69. The number of nitrogens with zero attached hydrogens (tertiary/aromatic N) is 1. The van der Waals surface area contributed by atoms with Crippen molar-refractivity contribution in [2.75, 3.05) is 33.9 Å². The third-order valence-electron chi connectivity index (χ3n) is 4.05. The number of carbonyl (C=O) groups excluding carboxylic acids is 1. The van der Waals surface area contributed by atoms with E-state index in [4.69, 9.17) is 4.74 Å². The van der Waals surface area contributed by atoms with Gasteiger partial charge in [-0.3, -0.25) is 4.79 Å². The zero-order valence-electron chi connectivity index (χ0n) is 12.1. The predicted octanol–water partition coefficient (Wildman–Crippen LogP) is 0.230. The number of rotatable bonds is 6. The summed E-state index contributed by atoms with van der Waals surface area (Å²) >= 11 is 0. The normalized spacial score (nSPS) is 30.1. The second kappa shape index (κ2) is 5.55. The molecule has 0 aromatic heterocycles. The van der Waals surface area contributed by atoms with Gasteiger partial charge in [-0.15, -0.1) is 0 Å². The number of hydrogen-bond acceptors (Lipinski definition) is 4. The Hall–Kier alpha value is -0.650. The van der Waals surface area contributed by atoms with Gasteiger partial charge in [0, 0.05) is 18.4 Å². The number of aliphatic hydroxyl groups excluding tert-OH is 1. The van der Waals surface area contributed by atoms with Crippen molar-refractivity contribution in [1.29, 1.82) is 0 Å². The van der Waals surface area contributed by atoms with Crippen molar-refractivity contribution in [3.63, 3.8) is 0 Å². The van der Waals surface area contributed by atoms with E-state index in [1.165, 1.54) is 0 Å². The highest BCUT2D eigenvalue weighted by molar-refractivity contribution is 5.79. The lowest BCUT2D eigenvalue weighted by Gasteiger charge is -2.60. The summed E-state index contributed by atoms with van der Waals surface area (Å²) in [4.78, 5) is 13.7. The number of nitrogens with one attached hydrogen (secondary N) is 1. The van der Waals surface area contributed by atoms with Gasteiger partial charge in [0.15, 0.2) is 0 Å². The SMILES string of the molecule is CCO[C@@H]1C[C@](CO)(NC(=O)CN(C)C)C1(C)C. The van der Waals surface area contributed by atoms with Crippen molar-refractivity contribution >= 4 is 5.91 Å². The van der Waals surface area contributed by atoms with E-state index in [0.717, 1.165) is 0 Å². The topological polar surface area (TPSA) is 61.8 Å². The molecule has 1 rings (SSSR count). The van der Waals surface area contributed by atoms with Gasteiger partial charge in [-0.25, -0.2) is 0 Å². The molecule has 0 unspecified atom stereocenters. The van der Waals surface area contributed by atoms with E-state index >= 15 is 0 Å². The quantitative estimate of drug-likeness (QED) is 0.716. The van der Waals surface area contributed by atoms with Gasteiger partial charge in [0.1, 0.15) is 0 Å². The van der Waals surface area contributed by atoms with Crippen LogP contribution in [0, 0.1) is 5.41 Å². The molecule has 0 aromatic carbocycles. The highest BCUT2D eigenvalue weighted by Gasteiger charge is 2.61. The van der Waals surface area contributed by atoms with Crippen LogP contribution in [0.4, 0.5) is 0 Å². The molecule has 0 aromatic rings. The van der Waals surface area contributed by atoms with Crippen LogP contribution in [0.15, 0.2) is 0 Å². The Bertz CT molecular complexity index is 305. The van der Waals surface area contributed by atoms with E-state index in [9.17, 15) is 9.90 Å². The van der Waals surface area contributed by atoms with Gasteiger partial charge in [-0.2, -0.15) is 0 Å². The summed E-state index contributed by atoms with van der Waals surface area (Å²) in [5, 5.41) is 12.6. The van der Waals surface area contributed by atoms with Gasteiger partial charge in [0.25, 0.3) is 0 Å². The molecule has 2 atom stereocenters. The van der Waals surface area contributed by atoms with Gasteiger partial charge in [-0.05, 0) is 21.0 Å². The Morgan fingerprint density at radius 2 is 2.11 bits per heavy atom. The first kappa shape index (κ1) is 15.4. The number of likely N-dealkylation sites (N-methyl/N-ethyl adjacent to an activating group) is 1. The maximum absolute atomic E-state index is 11.9. The average Bonchev–Trinajstić information content (AvgIpc) is 2.26. The van der Waals surface area contributed by atoms with Crippen molar-refractivity contribution in [1.82, 2.24) is 10.2 Å². The van der Waals surface area contributed by atoms with E-state index in [1.807, 2.05) is 39.8 Å². The monoisotopic (exact) mass is 258 g/mol. The second-order valence-corrected chi connectivity index (χ2v) is 5.90. The maximum atomic E-state index is 11.9. The Labute approximate surface area is 109 Å². The van der Waals surface area contributed by atoms with Crippen molar-refractivity contribution in [2.45, 2.75) is 38.8 Å². The third-order valence-corrected chi connectivity index (χ3v) is 4.05. The summed E-state index contributed by atoms with van der Waals surface area (Å²) in [6, 6.07) is 0. The standard InChI is InChI=1S/C13H26N2O3/c1-6-18-10-7-13(9-16,12(10,2)3)14-11(17)8-15(4)5/h10,16H,6-9H2,1-5H3,(H,14,17)/t10-,13-/m1/s1. The number of hydrogen-bond donors (Lipinski definition) is 2. The Morgan fingerprint density at radius 3 is 2.50 bits per heavy atom. The van der Waals surface area contributed by atoms with Crippen molar-refractivity contribution < 1.29 is 14.6 Å². The van der Waals surface area contributed by atoms with Gasteiger partial charge < -0.3 is 20.1 Å². The molecule has 1 fully saturated rings. The van der Waals surface area contributed by atoms with Crippen LogP contribution in [0.25, 0.3) is 0 Å². The number of aliphatic hydroxyl groups is 1. The molecule has 1 amide bonds.